The summed E-state index contributed by atoms with van der Waals surface area (Å²) in [6, 6.07) is -0.640. The second-order valence-electron chi connectivity index (χ2n) is 7.77. The first kappa shape index (κ1) is 21.4. The van der Waals surface area contributed by atoms with Crippen molar-refractivity contribution in [3.8, 4) is 0 Å². The number of carbonyl (C=O) groups excluding carboxylic acids is 2. The number of nitrogens with one attached hydrogen (secondary N) is 1. The van der Waals surface area contributed by atoms with Gasteiger partial charge in [0.05, 0.1) is 6.61 Å². The summed E-state index contributed by atoms with van der Waals surface area (Å²) in [4.78, 5) is 38.4. The van der Waals surface area contributed by atoms with Gasteiger partial charge in [0.25, 0.3) is 0 Å². The van der Waals surface area contributed by atoms with Gasteiger partial charge in [0.1, 0.15) is 11.5 Å². The smallest absolute Gasteiger partial charge is 0.313 e. The minimum absolute atomic E-state index is 0.0676. The molecular formula is C18H32N2O5. The van der Waals surface area contributed by atoms with Crippen LogP contribution in [0.15, 0.2) is 0 Å². The first-order chi connectivity index (χ1) is 11.6. The van der Waals surface area contributed by atoms with E-state index in [1.165, 1.54) is 7.11 Å². The van der Waals surface area contributed by atoms with Crippen molar-refractivity contribution in [1.82, 2.24) is 10.2 Å². The quantitative estimate of drug-likeness (QED) is 0.687. The molecule has 1 saturated heterocycles. The van der Waals surface area contributed by atoms with E-state index in [0.29, 0.717) is 25.8 Å². The molecule has 2 N–H and O–H groups in total. The lowest BCUT2D eigenvalue weighted by Crippen LogP contribution is -2.57. The molecule has 1 aliphatic rings. The molecule has 0 radical (unpaired) electrons. The summed E-state index contributed by atoms with van der Waals surface area (Å²) in [7, 11) is 1.47. The maximum Gasteiger partial charge on any atom is 0.313 e. The van der Waals surface area contributed by atoms with E-state index in [4.69, 9.17) is 4.74 Å². The number of ether oxygens (including phenoxy) is 1. The molecule has 0 bridgehead atoms. The summed E-state index contributed by atoms with van der Waals surface area (Å²) in [6.07, 6.45) is 1.44. The fourth-order valence-electron chi connectivity index (χ4n) is 3.26. The molecule has 0 aromatic heterocycles. The monoisotopic (exact) mass is 356 g/mol. The normalized spacial score (nSPS) is 22.1. The second-order valence-corrected chi connectivity index (χ2v) is 7.77. The fourth-order valence-corrected chi connectivity index (χ4v) is 3.26. The Hall–Kier alpha value is -1.63. The molecule has 1 rings (SSSR count). The highest BCUT2D eigenvalue weighted by Crippen LogP contribution is 2.31. The number of piperidine rings is 1. The average molecular weight is 356 g/mol. The number of hydrogen-bond acceptors (Lipinski definition) is 4. The van der Waals surface area contributed by atoms with E-state index in [9.17, 15) is 19.5 Å². The van der Waals surface area contributed by atoms with Crippen LogP contribution in [0.1, 0.15) is 47.0 Å². The van der Waals surface area contributed by atoms with Gasteiger partial charge in [0, 0.05) is 26.6 Å². The predicted octanol–water partition coefficient (Wildman–Crippen LogP) is 1.51. The van der Waals surface area contributed by atoms with Crippen LogP contribution in [0, 0.1) is 17.3 Å². The lowest BCUT2D eigenvalue weighted by atomic mass is 9.80. The van der Waals surface area contributed by atoms with Gasteiger partial charge in [-0.25, -0.2) is 0 Å². The highest BCUT2D eigenvalue weighted by molar-refractivity contribution is 5.88. The summed E-state index contributed by atoms with van der Waals surface area (Å²) in [5, 5.41) is 12.4. The van der Waals surface area contributed by atoms with E-state index in [0.717, 1.165) is 0 Å². The van der Waals surface area contributed by atoms with Gasteiger partial charge in [-0.1, -0.05) is 27.7 Å². The minimum atomic E-state index is -1.08. The first-order valence-electron chi connectivity index (χ1n) is 8.93. The Kier molecular flexibility index (Phi) is 7.86. The van der Waals surface area contributed by atoms with Crippen LogP contribution >= 0.6 is 0 Å². The summed E-state index contributed by atoms with van der Waals surface area (Å²) < 4.78 is 5.10. The topological polar surface area (TPSA) is 95.9 Å². The summed E-state index contributed by atoms with van der Waals surface area (Å²) >= 11 is 0. The zero-order valence-corrected chi connectivity index (χ0v) is 16.0. The van der Waals surface area contributed by atoms with Crippen LogP contribution < -0.4 is 5.32 Å². The van der Waals surface area contributed by atoms with Crippen LogP contribution in [-0.4, -0.2) is 60.6 Å². The molecule has 1 heterocycles. The molecule has 0 aromatic rings. The van der Waals surface area contributed by atoms with Crippen LogP contribution in [0.2, 0.25) is 0 Å². The van der Waals surface area contributed by atoms with Gasteiger partial charge in [0.2, 0.25) is 11.8 Å². The number of rotatable bonds is 8. The van der Waals surface area contributed by atoms with Crippen molar-refractivity contribution in [2.24, 2.45) is 17.3 Å². The summed E-state index contributed by atoms with van der Waals surface area (Å²) in [5.74, 6) is -1.18. The number of nitrogens with zero attached hydrogens (tertiary/aromatic N) is 1. The molecule has 7 nitrogen and oxygen atoms in total. The van der Waals surface area contributed by atoms with Crippen molar-refractivity contribution in [3.05, 3.63) is 0 Å². The van der Waals surface area contributed by atoms with Crippen LogP contribution in [0.3, 0.4) is 0 Å². The third-order valence-corrected chi connectivity index (χ3v) is 4.61. The number of amides is 2. The molecule has 25 heavy (non-hydrogen) atoms. The maximum absolute atomic E-state index is 13.0. The van der Waals surface area contributed by atoms with Crippen molar-refractivity contribution in [3.63, 3.8) is 0 Å². The van der Waals surface area contributed by atoms with E-state index in [2.05, 4.69) is 5.32 Å². The number of carboxylic acids is 1. The van der Waals surface area contributed by atoms with Crippen LogP contribution in [0.5, 0.6) is 0 Å². The lowest BCUT2D eigenvalue weighted by Gasteiger charge is -2.41. The van der Waals surface area contributed by atoms with E-state index in [1.54, 1.807) is 4.90 Å². The molecule has 0 aromatic carbocycles. The zero-order valence-electron chi connectivity index (χ0n) is 16.0. The molecule has 0 spiro atoms. The maximum atomic E-state index is 13.0. The van der Waals surface area contributed by atoms with Gasteiger partial charge in [-0.05, 0) is 24.7 Å². The number of methoxy groups -OCH3 is 1. The number of aliphatic carboxylic acids is 1. The van der Waals surface area contributed by atoms with Gasteiger partial charge in [-0.3, -0.25) is 14.4 Å². The Labute approximate surface area is 150 Å². The van der Waals surface area contributed by atoms with Crippen LogP contribution in [0.4, 0.5) is 0 Å². The van der Waals surface area contributed by atoms with Gasteiger partial charge >= 0.3 is 5.97 Å². The SMILES string of the molecule is COCC1(C(=O)O)CCCN(C(=O)C(NC(=O)CC(C)C)C(C)C)C1. The standard InChI is InChI=1S/C18H32N2O5/c1-12(2)9-14(21)19-15(13(3)4)16(22)20-8-6-7-18(10-20,11-25-5)17(23)24/h12-13,15H,6-11H2,1-5H3,(H,19,21)(H,23,24). The van der Waals surface area contributed by atoms with Gasteiger partial charge in [0.15, 0.2) is 0 Å². The highest BCUT2D eigenvalue weighted by Gasteiger charge is 2.45. The van der Waals surface area contributed by atoms with Crippen molar-refractivity contribution >= 4 is 17.8 Å². The second kappa shape index (κ2) is 9.17. The average Bonchev–Trinajstić information content (AvgIpc) is 2.51. The molecule has 1 fully saturated rings. The Bertz CT molecular complexity index is 488. The highest BCUT2D eigenvalue weighted by atomic mass is 16.5. The Morgan fingerprint density at radius 1 is 1.24 bits per heavy atom. The third-order valence-electron chi connectivity index (χ3n) is 4.61. The molecule has 2 unspecified atom stereocenters. The molecular weight excluding hydrogens is 324 g/mol. The van der Waals surface area contributed by atoms with Crippen molar-refractivity contribution < 1.29 is 24.2 Å². The largest absolute Gasteiger partial charge is 0.481 e. The van der Waals surface area contributed by atoms with Crippen LogP contribution in [-0.2, 0) is 19.1 Å². The number of carboxylic acid groups (broad SMARTS) is 1. The van der Waals surface area contributed by atoms with Crippen molar-refractivity contribution in [2.75, 3.05) is 26.8 Å². The van der Waals surface area contributed by atoms with Gasteiger partial charge < -0.3 is 20.1 Å². The molecule has 2 atom stereocenters. The Morgan fingerprint density at radius 2 is 1.88 bits per heavy atom. The van der Waals surface area contributed by atoms with Crippen molar-refractivity contribution in [1.29, 1.82) is 0 Å². The Morgan fingerprint density at radius 3 is 2.36 bits per heavy atom. The third kappa shape index (κ3) is 5.70. The van der Waals surface area contributed by atoms with E-state index < -0.39 is 17.4 Å². The van der Waals surface area contributed by atoms with Crippen molar-refractivity contribution in [2.45, 2.75) is 53.0 Å². The minimum Gasteiger partial charge on any atom is -0.481 e. The summed E-state index contributed by atoms with van der Waals surface area (Å²) in [5.41, 5.74) is -1.08. The van der Waals surface area contributed by atoms with E-state index in [1.807, 2.05) is 27.7 Å². The zero-order chi connectivity index (χ0) is 19.2. The molecule has 0 saturated carbocycles. The first-order valence-corrected chi connectivity index (χ1v) is 8.93. The van der Waals surface area contributed by atoms with Gasteiger partial charge in [-0.2, -0.15) is 0 Å². The molecule has 7 heteroatoms. The van der Waals surface area contributed by atoms with Crippen LogP contribution in [0.25, 0.3) is 0 Å². The predicted molar refractivity (Wildman–Crippen MR) is 94.0 cm³/mol. The molecule has 0 aliphatic carbocycles. The molecule has 2 amide bonds. The number of carbonyl (C=O) groups is 3. The van der Waals surface area contributed by atoms with E-state index in [-0.39, 0.29) is 36.8 Å². The van der Waals surface area contributed by atoms with E-state index >= 15 is 0 Å². The van der Waals surface area contributed by atoms with Gasteiger partial charge in [-0.15, -0.1) is 0 Å². The fraction of sp³-hybridized carbons (Fsp3) is 0.833. The number of hydrogen-bond donors (Lipinski definition) is 2. The summed E-state index contributed by atoms with van der Waals surface area (Å²) in [6.45, 7) is 8.32. The molecule has 144 valence electrons. The molecule has 1 aliphatic heterocycles. The Balaban J connectivity index is 2.89. The lowest BCUT2D eigenvalue weighted by molar-refractivity contribution is -0.160. The number of likely N-dealkylation sites (tertiary alicyclic amines) is 1.